The molecule has 1 aliphatic heterocycles. The number of carbonyl (C=O) groups is 2. The van der Waals surface area contributed by atoms with Crippen LogP contribution in [0.4, 0.5) is 0 Å². The van der Waals surface area contributed by atoms with Gasteiger partial charge in [0.2, 0.25) is 0 Å². The maximum Gasteiger partial charge on any atom is 0.149 e. The largest absolute Gasteiger partial charge is 0.303 e. The summed E-state index contributed by atoms with van der Waals surface area (Å²) in [6.45, 7) is 0.780. The average molecular weight is 384 g/mol. The smallest absolute Gasteiger partial charge is 0.149 e. The molecule has 1 N–H and O–H groups in total. The average Bonchev–Trinajstić information content (AvgIpc) is 2.99. The monoisotopic (exact) mass is 383 g/mol. The normalized spacial score (nSPS) is 36.6. The van der Waals surface area contributed by atoms with Crippen molar-refractivity contribution in [1.82, 2.24) is 5.32 Å². The van der Waals surface area contributed by atoms with Crippen LogP contribution >= 0.6 is 21.6 Å². The van der Waals surface area contributed by atoms with E-state index >= 15 is 0 Å². The lowest BCUT2D eigenvalue weighted by atomic mass is 9.90. The summed E-state index contributed by atoms with van der Waals surface area (Å²) in [6.07, 6.45) is 11.7. The first kappa shape index (κ1) is 19.8. The lowest BCUT2D eigenvalue weighted by Gasteiger charge is -2.19. The Morgan fingerprint density at radius 1 is 0.680 bits per heavy atom. The molecule has 4 bridgehead atoms. The van der Waals surface area contributed by atoms with Crippen LogP contribution < -0.4 is 5.32 Å². The summed E-state index contributed by atoms with van der Waals surface area (Å²) in [5, 5.41) is 3.19. The van der Waals surface area contributed by atoms with Gasteiger partial charge in [-0.3, -0.25) is 9.59 Å². The van der Waals surface area contributed by atoms with Crippen LogP contribution in [0.1, 0.15) is 64.2 Å². The Morgan fingerprint density at radius 3 is 1.60 bits per heavy atom. The summed E-state index contributed by atoms with van der Waals surface area (Å²) < 4.78 is 0. The predicted molar refractivity (Wildman–Crippen MR) is 108 cm³/mol. The van der Waals surface area contributed by atoms with Crippen molar-refractivity contribution >= 4 is 33.2 Å². The molecule has 4 unspecified atom stereocenters. The third kappa shape index (κ3) is 6.28. The fraction of sp³-hybridized carbons (Fsp3) is 0.900. The fourth-order valence-corrected chi connectivity index (χ4v) is 7.61. The molecule has 0 aromatic heterocycles. The third-order valence-corrected chi connectivity index (χ3v) is 8.96. The van der Waals surface area contributed by atoms with Crippen molar-refractivity contribution in [3.63, 3.8) is 0 Å². The van der Waals surface area contributed by atoms with Crippen LogP contribution in [-0.4, -0.2) is 36.2 Å². The molecular weight excluding hydrogens is 350 g/mol. The van der Waals surface area contributed by atoms with Gasteiger partial charge in [0.15, 0.2) is 0 Å². The molecule has 0 aromatic carbocycles. The SMILES string of the molecule is O=C1CNCC(=O)C2CCCCC(CSSCC3CCCCC1C3)C2. The van der Waals surface area contributed by atoms with Gasteiger partial charge >= 0.3 is 0 Å². The Morgan fingerprint density at radius 2 is 1.12 bits per heavy atom. The molecule has 1 saturated heterocycles. The van der Waals surface area contributed by atoms with Crippen molar-refractivity contribution in [2.75, 3.05) is 24.6 Å². The molecule has 3 aliphatic rings. The standard InChI is InChI=1S/C20H33NO2S2/c22-19-11-21-12-20(23)18-8-4-2-6-16(10-18)14-25-24-13-15-5-1-3-7-17(19)9-15/h15-18,21H,1-14H2. The Labute approximate surface area is 160 Å². The van der Waals surface area contributed by atoms with Gasteiger partial charge in [-0.25, -0.2) is 0 Å². The Bertz CT molecular complexity index is 417. The number of ketones is 2. The number of hydrogen-bond acceptors (Lipinski definition) is 5. The molecule has 3 nitrogen and oxygen atoms in total. The van der Waals surface area contributed by atoms with E-state index in [1.54, 1.807) is 0 Å². The van der Waals surface area contributed by atoms with Crippen molar-refractivity contribution in [3.05, 3.63) is 0 Å². The van der Waals surface area contributed by atoms with E-state index < -0.39 is 0 Å². The quantitative estimate of drug-likeness (QED) is 0.624. The molecule has 4 atom stereocenters. The minimum Gasteiger partial charge on any atom is -0.303 e. The lowest BCUT2D eigenvalue weighted by Crippen LogP contribution is -2.35. The van der Waals surface area contributed by atoms with Gasteiger partial charge in [-0.2, -0.15) is 0 Å². The predicted octanol–water partition coefficient (Wildman–Crippen LogP) is 4.50. The van der Waals surface area contributed by atoms with E-state index in [2.05, 4.69) is 5.32 Å². The molecule has 3 fully saturated rings. The number of carbonyl (C=O) groups excluding carboxylic acids is 2. The van der Waals surface area contributed by atoms with Gasteiger partial charge in [-0.1, -0.05) is 47.3 Å². The van der Waals surface area contributed by atoms with Crippen molar-refractivity contribution in [2.24, 2.45) is 23.7 Å². The Balaban J connectivity index is 1.64. The minimum atomic E-state index is 0.216. The highest BCUT2D eigenvalue weighted by atomic mass is 33.1. The molecule has 142 valence electrons. The van der Waals surface area contributed by atoms with Crippen LogP contribution in [0.5, 0.6) is 0 Å². The first-order valence-corrected chi connectivity index (χ1v) is 12.7. The summed E-state index contributed by atoms with van der Waals surface area (Å²) in [5.41, 5.74) is 0. The molecule has 5 heteroatoms. The Hall–Kier alpha value is 0. The van der Waals surface area contributed by atoms with E-state index in [-0.39, 0.29) is 11.8 Å². The van der Waals surface area contributed by atoms with Gasteiger partial charge in [0.05, 0.1) is 13.1 Å². The number of hydrogen-bond donors (Lipinski definition) is 1. The number of nitrogens with one attached hydrogen (secondary N) is 1. The van der Waals surface area contributed by atoms with Crippen LogP contribution in [0.2, 0.25) is 0 Å². The number of Topliss-reactive ketones (excluding diaryl/α,β-unsaturated/α-hetero) is 2. The third-order valence-electron chi connectivity index (χ3n) is 6.27. The zero-order chi connectivity index (χ0) is 17.5. The van der Waals surface area contributed by atoms with Crippen LogP contribution in [0.15, 0.2) is 0 Å². The number of rotatable bonds is 0. The van der Waals surface area contributed by atoms with Gasteiger partial charge in [-0.15, -0.1) is 0 Å². The lowest BCUT2D eigenvalue weighted by molar-refractivity contribution is -0.123. The van der Waals surface area contributed by atoms with Crippen molar-refractivity contribution in [2.45, 2.75) is 64.2 Å². The summed E-state index contributed by atoms with van der Waals surface area (Å²) >= 11 is 0. The van der Waals surface area contributed by atoms with Crippen LogP contribution in [0, 0.1) is 23.7 Å². The van der Waals surface area contributed by atoms with Crippen LogP contribution in [0.25, 0.3) is 0 Å². The van der Waals surface area contributed by atoms with Gasteiger partial charge < -0.3 is 5.32 Å². The Kier molecular flexibility index (Phi) is 8.19. The van der Waals surface area contributed by atoms with Crippen molar-refractivity contribution < 1.29 is 9.59 Å². The highest BCUT2D eigenvalue weighted by molar-refractivity contribution is 8.76. The van der Waals surface area contributed by atoms with Gasteiger partial charge in [0, 0.05) is 23.3 Å². The maximum atomic E-state index is 12.6. The van der Waals surface area contributed by atoms with E-state index in [0.29, 0.717) is 36.5 Å². The second-order valence-corrected chi connectivity index (χ2v) is 10.8. The topological polar surface area (TPSA) is 46.2 Å². The molecule has 2 aliphatic carbocycles. The highest BCUT2D eigenvalue weighted by Crippen LogP contribution is 2.37. The molecule has 3 rings (SSSR count). The van der Waals surface area contributed by atoms with Crippen molar-refractivity contribution in [3.8, 4) is 0 Å². The summed E-state index contributed by atoms with van der Waals surface area (Å²) in [5.74, 6) is 4.89. The highest BCUT2D eigenvalue weighted by Gasteiger charge is 2.28. The van der Waals surface area contributed by atoms with E-state index in [9.17, 15) is 9.59 Å². The van der Waals surface area contributed by atoms with E-state index in [1.165, 1.54) is 50.0 Å². The van der Waals surface area contributed by atoms with Gasteiger partial charge in [0.25, 0.3) is 0 Å². The summed E-state index contributed by atoms with van der Waals surface area (Å²) in [6, 6.07) is 0. The first-order chi connectivity index (χ1) is 12.2. The van der Waals surface area contributed by atoms with Crippen molar-refractivity contribution in [1.29, 1.82) is 0 Å². The molecule has 25 heavy (non-hydrogen) atoms. The van der Waals surface area contributed by atoms with Crippen LogP contribution in [-0.2, 0) is 9.59 Å². The molecular formula is C20H33NO2S2. The summed E-state index contributed by atoms with van der Waals surface area (Å²) in [7, 11) is 4.04. The first-order valence-electron chi connectivity index (χ1n) is 10.2. The zero-order valence-electron chi connectivity index (χ0n) is 15.3. The van der Waals surface area contributed by atoms with Crippen LogP contribution in [0.3, 0.4) is 0 Å². The zero-order valence-corrected chi connectivity index (χ0v) is 17.0. The van der Waals surface area contributed by atoms with Gasteiger partial charge in [0.1, 0.15) is 11.6 Å². The molecule has 1 heterocycles. The van der Waals surface area contributed by atoms with Gasteiger partial charge in [-0.05, 0) is 50.4 Å². The fourth-order valence-electron chi connectivity index (χ4n) is 4.70. The maximum absolute atomic E-state index is 12.6. The molecule has 0 spiro atoms. The molecule has 0 aromatic rings. The molecule has 0 amide bonds. The second-order valence-electron chi connectivity index (χ2n) is 8.27. The summed E-state index contributed by atoms with van der Waals surface area (Å²) in [4.78, 5) is 25.2. The van der Waals surface area contributed by atoms with E-state index in [0.717, 1.165) is 25.7 Å². The number of fused-ring (bicyclic) bond motifs is 4. The van der Waals surface area contributed by atoms with E-state index in [4.69, 9.17) is 0 Å². The molecule has 0 radical (unpaired) electrons. The second kappa shape index (κ2) is 10.4. The molecule has 2 saturated carbocycles. The minimum absolute atomic E-state index is 0.216. The van der Waals surface area contributed by atoms with E-state index in [1.807, 2.05) is 21.6 Å².